The van der Waals surface area contributed by atoms with Gasteiger partial charge in [0.2, 0.25) is 5.91 Å². The van der Waals surface area contributed by atoms with E-state index in [1.807, 2.05) is 42.5 Å². The fourth-order valence-electron chi connectivity index (χ4n) is 4.18. The third-order valence-corrected chi connectivity index (χ3v) is 6.88. The fraction of sp³-hybridized carbons (Fsp3) is 0.292. The average Bonchev–Trinajstić information content (AvgIpc) is 3.15. The van der Waals surface area contributed by atoms with Gasteiger partial charge in [-0.2, -0.15) is 0 Å². The van der Waals surface area contributed by atoms with Gasteiger partial charge in [0.25, 0.3) is 5.56 Å². The van der Waals surface area contributed by atoms with Crippen LogP contribution in [0.25, 0.3) is 21.9 Å². The molecule has 9 heteroatoms. The summed E-state index contributed by atoms with van der Waals surface area (Å²) in [6.45, 7) is 1.01. The number of benzene rings is 2. The van der Waals surface area contributed by atoms with Gasteiger partial charge in [0.05, 0.1) is 19.7 Å². The van der Waals surface area contributed by atoms with Crippen molar-refractivity contribution in [3.05, 3.63) is 58.4 Å². The number of methoxy groups -OCH3 is 2. The summed E-state index contributed by atoms with van der Waals surface area (Å²) < 4.78 is 14.1. The maximum Gasteiger partial charge on any atom is 0.278 e. The van der Waals surface area contributed by atoms with Gasteiger partial charge in [0.1, 0.15) is 29.1 Å². The second-order valence-corrected chi connectivity index (χ2v) is 8.91. The lowest BCUT2D eigenvalue weighted by Crippen LogP contribution is -2.30. The summed E-state index contributed by atoms with van der Waals surface area (Å²) >= 11 is 1.59. The smallest absolute Gasteiger partial charge is 0.278 e. The Kier molecular flexibility index (Phi) is 5.72. The predicted molar refractivity (Wildman–Crippen MR) is 128 cm³/mol. The highest BCUT2D eigenvalue weighted by molar-refractivity contribution is 7.99. The van der Waals surface area contributed by atoms with E-state index >= 15 is 0 Å². The van der Waals surface area contributed by atoms with Crippen LogP contribution in [-0.4, -0.2) is 40.0 Å². The van der Waals surface area contributed by atoms with Gasteiger partial charge < -0.3 is 19.4 Å². The van der Waals surface area contributed by atoms with E-state index < -0.39 is 0 Å². The maximum atomic E-state index is 13.5. The molecule has 170 valence electrons. The molecule has 2 aromatic carbocycles. The first-order valence-electron chi connectivity index (χ1n) is 10.7. The van der Waals surface area contributed by atoms with Crippen molar-refractivity contribution < 1.29 is 14.3 Å². The third kappa shape index (κ3) is 3.93. The standard InChI is InChI=1S/C24H24N4O4S/c1-31-16-6-3-5-15(11-16)13-25-20(29)14-28-19-8-7-17(32-2)12-18(19)21-22(28)23(30)27-9-4-10-33-24(27)26-21/h3,5-8,11-12H,4,9-10,13-14H2,1-2H3,(H,25,29). The van der Waals surface area contributed by atoms with E-state index in [-0.39, 0.29) is 18.0 Å². The van der Waals surface area contributed by atoms with E-state index in [1.165, 1.54) is 0 Å². The number of hydrogen-bond acceptors (Lipinski definition) is 6. The molecule has 0 fully saturated rings. The Labute approximate surface area is 194 Å². The molecule has 8 nitrogen and oxygen atoms in total. The molecule has 1 amide bonds. The van der Waals surface area contributed by atoms with Crippen molar-refractivity contribution in [2.45, 2.75) is 31.2 Å². The zero-order valence-corrected chi connectivity index (χ0v) is 19.3. The minimum Gasteiger partial charge on any atom is -0.497 e. The predicted octanol–water partition coefficient (Wildman–Crippen LogP) is 3.18. The van der Waals surface area contributed by atoms with Gasteiger partial charge in [-0.3, -0.25) is 14.2 Å². The van der Waals surface area contributed by atoms with Crippen LogP contribution in [0.3, 0.4) is 0 Å². The lowest BCUT2D eigenvalue weighted by molar-refractivity contribution is -0.121. The van der Waals surface area contributed by atoms with E-state index in [2.05, 4.69) is 5.32 Å². The molecule has 0 spiro atoms. The number of ether oxygens (including phenoxy) is 2. The molecule has 0 saturated carbocycles. The quantitative estimate of drug-likeness (QED) is 0.441. The Bertz CT molecular complexity index is 1430. The lowest BCUT2D eigenvalue weighted by atomic mass is 10.2. The average molecular weight is 465 g/mol. The summed E-state index contributed by atoms with van der Waals surface area (Å²) in [7, 11) is 3.21. The first kappa shape index (κ1) is 21.4. The van der Waals surface area contributed by atoms with Crippen LogP contribution in [0.2, 0.25) is 0 Å². The summed E-state index contributed by atoms with van der Waals surface area (Å²) in [6, 6.07) is 13.1. The molecule has 33 heavy (non-hydrogen) atoms. The second-order valence-electron chi connectivity index (χ2n) is 7.85. The molecule has 3 heterocycles. The van der Waals surface area contributed by atoms with Gasteiger partial charge in [-0.05, 0) is 42.3 Å². The van der Waals surface area contributed by atoms with Crippen LogP contribution in [0.4, 0.5) is 0 Å². The van der Waals surface area contributed by atoms with Crippen LogP contribution in [0.15, 0.2) is 52.4 Å². The molecule has 1 aliphatic heterocycles. The molecule has 2 aromatic heterocycles. The van der Waals surface area contributed by atoms with Crippen molar-refractivity contribution in [2.75, 3.05) is 20.0 Å². The van der Waals surface area contributed by atoms with Crippen molar-refractivity contribution >= 4 is 39.6 Å². The monoisotopic (exact) mass is 464 g/mol. The number of carbonyl (C=O) groups excluding carboxylic acids is 1. The minimum atomic E-state index is -0.191. The lowest BCUT2D eigenvalue weighted by Gasteiger charge is -2.17. The number of thioether (sulfide) groups is 1. The normalized spacial score (nSPS) is 13.2. The van der Waals surface area contributed by atoms with Crippen LogP contribution >= 0.6 is 11.8 Å². The second kappa shape index (κ2) is 8.82. The van der Waals surface area contributed by atoms with Crippen molar-refractivity contribution in [2.24, 2.45) is 0 Å². The topological polar surface area (TPSA) is 87.4 Å². The van der Waals surface area contributed by atoms with Gasteiger partial charge >= 0.3 is 0 Å². The molecule has 1 N–H and O–H groups in total. The first-order valence-corrected chi connectivity index (χ1v) is 11.7. The third-order valence-electron chi connectivity index (χ3n) is 5.81. The molecule has 1 aliphatic rings. The number of hydrogen-bond donors (Lipinski definition) is 1. The first-order chi connectivity index (χ1) is 16.1. The number of aromatic nitrogens is 3. The Balaban J connectivity index is 1.54. The molecule has 0 bridgehead atoms. The highest BCUT2D eigenvalue weighted by Crippen LogP contribution is 2.31. The van der Waals surface area contributed by atoms with Gasteiger partial charge in [-0.1, -0.05) is 23.9 Å². The van der Waals surface area contributed by atoms with Gasteiger partial charge in [0.15, 0.2) is 5.16 Å². The van der Waals surface area contributed by atoms with E-state index in [1.54, 1.807) is 35.1 Å². The number of rotatable bonds is 6. The largest absolute Gasteiger partial charge is 0.497 e. The Morgan fingerprint density at radius 3 is 2.79 bits per heavy atom. The molecule has 0 atom stereocenters. The van der Waals surface area contributed by atoms with Crippen molar-refractivity contribution in [3.63, 3.8) is 0 Å². The van der Waals surface area contributed by atoms with Crippen LogP contribution in [0.5, 0.6) is 11.5 Å². The molecular formula is C24H24N4O4S. The SMILES string of the molecule is COc1cccc(CNC(=O)Cn2c3ccc(OC)cc3c3nc4n(c(=O)c32)CCCS4)c1. The van der Waals surface area contributed by atoms with Gasteiger partial charge in [-0.25, -0.2) is 4.98 Å². The number of fused-ring (bicyclic) bond motifs is 4. The zero-order chi connectivity index (χ0) is 22.9. The van der Waals surface area contributed by atoms with E-state index in [0.29, 0.717) is 29.9 Å². The van der Waals surface area contributed by atoms with E-state index in [9.17, 15) is 9.59 Å². The van der Waals surface area contributed by atoms with Gasteiger partial charge in [0, 0.05) is 24.2 Å². The summed E-state index contributed by atoms with van der Waals surface area (Å²) in [4.78, 5) is 31.2. The minimum absolute atomic E-state index is 0.0136. The molecule has 0 aliphatic carbocycles. The fourth-order valence-corrected chi connectivity index (χ4v) is 5.13. The van der Waals surface area contributed by atoms with E-state index in [4.69, 9.17) is 14.5 Å². The maximum absolute atomic E-state index is 13.5. The summed E-state index contributed by atoms with van der Waals surface area (Å²) in [5, 5.41) is 4.48. The van der Waals surface area contributed by atoms with Crippen molar-refractivity contribution in [1.29, 1.82) is 0 Å². The van der Waals surface area contributed by atoms with Crippen molar-refractivity contribution in [1.82, 2.24) is 19.4 Å². The number of amides is 1. The Morgan fingerprint density at radius 1 is 1.15 bits per heavy atom. The Hall–Kier alpha value is -3.46. The molecular weight excluding hydrogens is 440 g/mol. The Morgan fingerprint density at radius 2 is 1.97 bits per heavy atom. The zero-order valence-electron chi connectivity index (χ0n) is 18.5. The number of carbonyl (C=O) groups is 1. The van der Waals surface area contributed by atoms with Crippen LogP contribution in [0.1, 0.15) is 12.0 Å². The van der Waals surface area contributed by atoms with Crippen LogP contribution < -0.4 is 20.3 Å². The summed E-state index contributed by atoms with van der Waals surface area (Å²) in [6.07, 6.45) is 0.917. The summed E-state index contributed by atoms with van der Waals surface area (Å²) in [5.41, 5.74) is 2.65. The molecule has 4 aromatic rings. The highest BCUT2D eigenvalue weighted by atomic mass is 32.2. The molecule has 5 rings (SSSR count). The highest BCUT2D eigenvalue weighted by Gasteiger charge is 2.23. The van der Waals surface area contributed by atoms with Crippen molar-refractivity contribution in [3.8, 4) is 11.5 Å². The number of nitrogens with one attached hydrogen (secondary N) is 1. The molecule has 0 radical (unpaired) electrons. The van der Waals surface area contributed by atoms with Crippen LogP contribution in [-0.2, 0) is 24.4 Å². The molecule has 0 unspecified atom stereocenters. The van der Waals surface area contributed by atoms with Crippen LogP contribution in [0, 0.1) is 0 Å². The molecule has 0 saturated heterocycles. The van der Waals surface area contributed by atoms with Gasteiger partial charge in [-0.15, -0.1) is 0 Å². The van der Waals surface area contributed by atoms with E-state index in [0.717, 1.165) is 39.5 Å². The number of nitrogens with zero attached hydrogens (tertiary/aromatic N) is 3. The summed E-state index contributed by atoms with van der Waals surface area (Å²) in [5.74, 6) is 2.16.